The van der Waals surface area contributed by atoms with E-state index in [2.05, 4.69) is 53.4 Å². The molecule has 1 N–H and O–H groups in total. The van der Waals surface area contributed by atoms with Crippen molar-refractivity contribution in [2.75, 3.05) is 5.32 Å². The Balaban J connectivity index is 0.000000141. The van der Waals surface area contributed by atoms with E-state index in [1.54, 1.807) is 29.0 Å². The van der Waals surface area contributed by atoms with Gasteiger partial charge in [-0.3, -0.25) is 4.99 Å². The maximum Gasteiger partial charge on any atom is 0.161 e. The lowest BCUT2D eigenvalue weighted by atomic mass is 10.1. The second-order valence-electron chi connectivity index (χ2n) is 9.71. The van der Waals surface area contributed by atoms with Crippen LogP contribution in [0.25, 0.3) is 20.7 Å². The third-order valence-electron chi connectivity index (χ3n) is 6.66. The summed E-state index contributed by atoms with van der Waals surface area (Å²) >= 11 is 9.24. The molecule has 37 heavy (non-hydrogen) atoms. The van der Waals surface area contributed by atoms with Gasteiger partial charge in [-0.25, -0.2) is 29.9 Å². The minimum Gasteiger partial charge on any atom is -0.338 e. The summed E-state index contributed by atoms with van der Waals surface area (Å²) in [5, 5.41) is 6.17. The Hall–Kier alpha value is -3.08. The molecular formula is C26H23ClN8S2. The van der Waals surface area contributed by atoms with E-state index in [0.29, 0.717) is 5.15 Å². The molecule has 2 aliphatic carbocycles. The number of aliphatic imine (C=N–C) groups is 1. The fourth-order valence-corrected chi connectivity index (χ4v) is 6.55. The standard InChI is InChI=1S/C17H15N5S.C9H8ClN3S/c1-2-10(1)5-14-22-15-16(19-9-20-17(15)23-14)21-13-4-3-11-7-18-8-12(11)6-13;10-8-7-9(12-4-11-8)14-6(13-7)3-5-1-2-5/h3-4,6,8-10H,1-2,5,7H2,(H,19,20,21);4-5H,1-3H2. The van der Waals surface area contributed by atoms with Crippen molar-refractivity contribution >= 4 is 72.7 Å². The number of halogens is 1. The zero-order valence-electron chi connectivity index (χ0n) is 19.9. The molecule has 5 aromatic rings. The molecule has 11 heteroatoms. The number of thiazole rings is 2. The summed E-state index contributed by atoms with van der Waals surface area (Å²) in [5.41, 5.74) is 5.09. The number of rotatable bonds is 6. The first-order valence-corrected chi connectivity index (χ1v) is 14.4. The summed E-state index contributed by atoms with van der Waals surface area (Å²) in [6, 6.07) is 6.29. The van der Waals surface area contributed by atoms with Crippen LogP contribution < -0.4 is 5.32 Å². The Labute approximate surface area is 226 Å². The van der Waals surface area contributed by atoms with Crippen molar-refractivity contribution in [3.8, 4) is 0 Å². The van der Waals surface area contributed by atoms with Gasteiger partial charge in [0, 0.05) is 24.7 Å². The monoisotopic (exact) mass is 546 g/mol. The molecule has 8 nitrogen and oxygen atoms in total. The zero-order chi connectivity index (χ0) is 24.8. The number of anilines is 2. The zero-order valence-corrected chi connectivity index (χ0v) is 22.3. The molecule has 186 valence electrons. The summed E-state index contributed by atoms with van der Waals surface area (Å²) < 4.78 is 0. The van der Waals surface area contributed by atoms with Crippen LogP contribution >= 0.6 is 34.3 Å². The fourth-order valence-electron chi connectivity index (χ4n) is 4.29. The van der Waals surface area contributed by atoms with Crippen molar-refractivity contribution in [3.63, 3.8) is 0 Å². The number of hydrogen-bond donors (Lipinski definition) is 1. The summed E-state index contributed by atoms with van der Waals surface area (Å²) in [6.07, 6.45) is 12.5. The molecule has 2 fully saturated rings. The molecule has 0 bridgehead atoms. The van der Waals surface area contributed by atoms with Crippen LogP contribution in [0.4, 0.5) is 11.5 Å². The van der Waals surface area contributed by atoms with Crippen molar-refractivity contribution in [2.24, 2.45) is 16.8 Å². The minimum absolute atomic E-state index is 0.466. The Kier molecular flexibility index (Phi) is 6.02. The molecule has 1 aromatic carbocycles. The van der Waals surface area contributed by atoms with Crippen LogP contribution in [0.2, 0.25) is 5.15 Å². The average Bonchev–Trinajstić information content (AvgIpc) is 3.73. The van der Waals surface area contributed by atoms with Crippen LogP contribution in [-0.4, -0.2) is 36.1 Å². The average molecular weight is 547 g/mol. The minimum atomic E-state index is 0.466. The third-order valence-corrected chi connectivity index (χ3v) is 8.90. The van der Waals surface area contributed by atoms with Gasteiger partial charge in [0.25, 0.3) is 0 Å². The quantitative estimate of drug-likeness (QED) is 0.245. The highest BCUT2D eigenvalue weighted by atomic mass is 35.5. The summed E-state index contributed by atoms with van der Waals surface area (Å²) in [7, 11) is 0. The molecule has 0 amide bonds. The van der Waals surface area contributed by atoms with Crippen LogP contribution in [0.1, 0.15) is 46.8 Å². The Morgan fingerprint density at radius 1 is 0.838 bits per heavy atom. The van der Waals surface area contributed by atoms with Crippen molar-refractivity contribution in [1.29, 1.82) is 0 Å². The highest BCUT2D eigenvalue weighted by molar-refractivity contribution is 7.18. The maximum absolute atomic E-state index is 5.92. The number of benzene rings is 1. The van der Waals surface area contributed by atoms with Gasteiger partial charge in [0.2, 0.25) is 0 Å². The van der Waals surface area contributed by atoms with Crippen LogP contribution in [0.3, 0.4) is 0 Å². The van der Waals surface area contributed by atoms with E-state index in [9.17, 15) is 0 Å². The molecule has 0 atom stereocenters. The second-order valence-corrected chi connectivity index (χ2v) is 12.2. The number of nitrogens with one attached hydrogen (secondary N) is 1. The number of hydrogen-bond acceptors (Lipinski definition) is 10. The van der Waals surface area contributed by atoms with Gasteiger partial charge in [0.05, 0.1) is 16.6 Å². The molecule has 0 unspecified atom stereocenters. The van der Waals surface area contributed by atoms with Crippen LogP contribution in [-0.2, 0) is 19.4 Å². The lowest BCUT2D eigenvalue weighted by molar-refractivity contribution is 0.826. The van der Waals surface area contributed by atoms with E-state index in [1.165, 1.54) is 48.1 Å². The van der Waals surface area contributed by atoms with E-state index in [0.717, 1.165) is 68.4 Å². The normalized spacial score (nSPS) is 16.1. The van der Waals surface area contributed by atoms with Crippen LogP contribution in [0, 0.1) is 11.8 Å². The molecule has 8 rings (SSSR count). The first-order chi connectivity index (χ1) is 18.2. The SMILES string of the molecule is C1=NCc2ccc(Nc3ncnc4sc(CC5CC5)nc34)cc21.Clc1ncnc2sc(CC3CC3)nc12. The Morgan fingerprint density at radius 2 is 1.51 bits per heavy atom. The number of aromatic nitrogens is 6. The fraction of sp³-hybridized carbons (Fsp3) is 0.346. The van der Waals surface area contributed by atoms with Crippen LogP contribution in [0.5, 0.6) is 0 Å². The highest BCUT2D eigenvalue weighted by Crippen LogP contribution is 2.36. The largest absolute Gasteiger partial charge is 0.338 e. The molecule has 0 spiro atoms. The molecule has 4 aromatic heterocycles. The lowest BCUT2D eigenvalue weighted by Gasteiger charge is -2.07. The van der Waals surface area contributed by atoms with Gasteiger partial charge < -0.3 is 5.32 Å². The molecular weight excluding hydrogens is 524 g/mol. The van der Waals surface area contributed by atoms with Crippen molar-refractivity contribution in [1.82, 2.24) is 29.9 Å². The van der Waals surface area contributed by atoms with Crippen LogP contribution in [0.15, 0.2) is 35.8 Å². The summed E-state index contributed by atoms with van der Waals surface area (Å²) in [4.78, 5) is 32.2. The second kappa shape index (κ2) is 9.66. The molecule has 0 saturated heterocycles. The van der Waals surface area contributed by atoms with Crippen molar-refractivity contribution < 1.29 is 0 Å². The Bertz CT molecular complexity index is 1640. The third kappa shape index (κ3) is 5.18. The number of nitrogens with zero attached hydrogens (tertiary/aromatic N) is 7. The van der Waals surface area contributed by atoms with Gasteiger partial charge in [-0.15, -0.1) is 0 Å². The molecule has 0 radical (unpaired) electrons. The van der Waals surface area contributed by atoms with E-state index >= 15 is 0 Å². The van der Waals surface area contributed by atoms with Gasteiger partial charge in [-0.1, -0.05) is 40.3 Å². The van der Waals surface area contributed by atoms with Crippen molar-refractivity contribution in [2.45, 2.75) is 45.1 Å². The highest BCUT2D eigenvalue weighted by Gasteiger charge is 2.24. The first kappa shape index (κ1) is 23.1. The molecule has 5 heterocycles. The van der Waals surface area contributed by atoms with Gasteiger partial charge >= 0.3 is 0 Å². The molecule has 2 saturated carbocycles. The maximum atomic E-state index is 5.92. The van der Waals surface area contributed by atoms with Gasteiger partial charge in [0.1, 0.15) is 33.3 Å². The predicted molar refractivity (Wildman–Crippen MR) is 149 cm³/mol. The Morgan fingerprint density at radius 3 is 2.22 bits per heavy atom. The van der Waals surface area contributed by atoms with Gasteiger partial charge in [-0.2, -0.15) is 0 Å². The smallest absolute Gasteiger partial charge is 0.161 e. The van der Waals surface area contributed by atoms with Gasteiger partial charge in [-0.05, 0) is 60.8 Å². The van der Waals surface area contributed by atoms with Crippen molar-refractivity contribution in [3.05, 3.63) is 57.1 Å². The molecule has 1 aliphatic heterocycles. The lowest BCUT2D eigenvalue weighted by Crippen LogP contribution is -1.97. The van der Waals surface area contributed by atoms with E-state index < -0.39 is 0 Å². The van der Waals surface area contributed by atoms with Gasteiger partial charge in [0.15, 0.2) is 11.0 Å². The summed E-state index contributed by atoms with van der Waals surface area (Å²) in [5.74, 6) is 2.46. The topological polar surface area (TPSA) is 102 Å². The van der Waals surface area contributed by atoms with E-state index in [4.69, 9.17) is 16.6 Å². The predicted octanol–water partition coefficient (Wildman–Crippen LogP) is 6.41. The number of fused-ring (bicyclic) bond motifs is 3. The van der Waals surface area contributed by atoms with E-state index in [1.807, 2.05) is 6.21 Å². The molecule has 3 aliphatic rings. The van der Waals surface area contributed by atoms with E-state index in [-0.39, 0.29) is 0 Å². The summed E-state index contributed by atoms with van der Waals surface area (Å²) in [6.45, 7) is 0.782. The first-order valence-electron chi connectivity index (χ1n) is 12.4.